The number of nitrogens with zero attached hydrogens (tertiary/aromatic N) is 3. The number of fused-ring (bicyclic) bond motifs is 1. The van der Waals surface area contributed by atoms with Gasteiger partial charge in [0, 0.05) is 11.4 Å². The second-order valence-corrected chi connectivity index (χ2v) is 6.69. The number of benzene rings is 2. The SMILES string of the molecule is S=C(/N=c1/sc(Nc2ccccc2)nc2nc[nH]c12)Nc1ccccc1. The molecule has 0 radical (unpaired) electrons. The van der Waals surface area contributed by atoms with Crippen molar-refractivity contribution in [1.29, 1.82) is 0 Å². The molecule has 0 amide bonds. The van der Waals surface area contributed by atoms with E-state index in [4.69, 9.17) is 12.2 Å². The van der Waals surface area contributed by atoms with Gasteiger partial charge in [-0.05, 0) is 36.5 Å². The van der Waals surface area contributed by atoms with E-state index in [-0.39, 0.29) is 0 Å². The molecular formula is C18H14N6S2. The van der Waals surface area contributed by atoms with Crippen LogP contribution in [0.2, 0.25) is 0 Å². The maximum absolute atomic E-state index is 5.38. The van der Waals surface area contributed by atoms with Crippen LogP contribution >= 0.6 is 23.6 Å². The molecule has 8 heteroatoms. The number of aromatic amines is 1. The number of thiocarbonyl (C=S) groups is 1. The first-order valence-corrected chi connectivity index (χ1v) is 9.07. The molecule has 0 fully saturated rings. The molecule has 4 rings (SSSR count). The van der Waals surface area contributed by atoms with Gasteiger partial charge in [-0.2, -0.15) is 4.98 Å². The maximum Gasteiger partial charge on any atom is 0.198 e. The van der Waals surface area contributed by atoms with Gasteiger partial charge in [0.1, 0.15) is 10.2 Å². The van der Waals surface area contributed by atoms with E-state index >= 15 is 0 Å². The molecule has 0 saturated heterocycles. The molecule has 0 atom stereocenters. The van der Waals surface area contributed by atoms with Crippen molar-refractivity contribution in [3.63, 3.8) is 0 Å². The average Bonchev–Trinajstić information content (AvgIpc) is 3.12. The maximum atomic E-state index is 5.38. The highest BCUT2D eigenvalue weighted by Gasteiger charge is 2.07. The van der Waals surface area contributed by atoms with E-state index in [1.54, 1.807) is 6.33 Å². The Hall–Kier alpha value is -3.10. The molecule has 6 nitrogen and oxygen atoms in total. The third-order valence-electron chi connectivity index (χ3n) is 3.49. The zero-order chi connectivity index (χ0) is 17.8. The summed E-state index contributed by atoms with van der Waals surface area (Å²) < 4.78 is 0.708. The minimum absolute atomic E-state index is 0.375. The minimum atomic E-state index is 0.375. The van der Waals surface area contributed by atoms with Gasteiger partial charge in [0.05, 0.1) is 6.33 Å². The third-order valence-corrected chi connectivity index (χ3v) is 4.56. The van der Waals surface area contributed by atoms with Crippen LogP contribution < -0.4 is 15.3 Å². The summed E-state index contributed by atoms with van der Waals surface area (Å²) >= 11 is 6.78. The van der Waals surface area contributed by atoms with Crippen LogP contribution in [-0.4, -0.2) is 20.1 Å². The van der Waals surface area contributed by atoms with Gasteiger partial charge in [-0.3, -0.25) is 0 Å². The van der Waals surface area contributed by atoms with Crippen molar-refractivity contribution in [2.45, 2.75) is 0 Å². The summed E-state index contributed by atoms with van der Waals surface area (Å²) in [5.41, 5.74) is 3.18. The van der Waals surface area contributed by atoms with Crippen LogP contribution in [0.25, 0.3) is 11.2 Å². The number of para-hydroxylation sites is 2. The number of aromatic nitrogens is 3. The molecule has 0 bridgehead atoms. The third kappa shape index (κ3) is 3.76. The molecule has 4 aromatic rings. The summed E-state index contributed by atoms with van der Waals surface area (Å²) in [5.74, 6) is 0. The molecule has 0 spiro atoms. The zero-order valence-corrected chi connectivity index (χ0v) is 15.1. The van der Waals surface area contributed by atoms with Crippen molar-refractivity contribution in [2.75, 3.05) is 10.6 Å². The molecule has 3 N–H and O–H groups in total. The van der Waals surface area contributed by atoms with Gasteiger partial charge in [-0.25, -0.2) is 9.98 Å². The molecule has 2 aromatic heterocycles. The fourth-order valence-corrected chi connectivity index (χ4v) is 3.47. The summed E-state index contributed by atoms with van der Waals surface area (Å²) in [7, 11) is 0. The van der Waals surface area contributed by atoms with Crippen LogP contribution in [-0.2, 0) is 0 Å². The van der Waals surface area contributed by atoms with E-state index in [0.717, 1.165) is 16.9 Å². The Kier molecular flexibility index (Phi) is 4.67. The van der Waals surface area contributed by atoms with Crippen molar-refractivity contribution in [2.24, 2.45) is 4.99 Å². The Morgan fingerprint density at radius 3 is 2.42 bits per heavy atom. The van der Waals surface area contributed by atoms with Crippen molar-refractivity contribution >= 4 is 56.3 Å². The largest absolute Gasteiger partial charge is 0.341 e. The van der Waals surface area contributed by atoms with Gasteiger partial charge in [-0.1, -0.05) is 47.7 Å². The van der Waals surface area contributed by atoms with Gasteiger partial charge in [0.25, 0.3) is 0 Å². The number of rotatable bonds is 3. The normalized spacial score (nSPS) is 11.5. The lowest BCUT2D eigenvalue weighted by molar-refractivity contribution is 1.31. The van der Waals surface area contributed by atoms with E-state index in [9.17, 15) is 0 Å². The second kappa shape index (κ2) is 7.42. The first-order chi connectivity index (χ1) is 12.8. The highest BCUT2D eigenvalue weighted by molar-refractivity contribution is 7.80. The van der Waals surface area contributed by atoms with E-state index in [2.05, 4.69) is 30.6 Å². The summed E-state index contributed by atoms with van der Waals surface area (Å²) in [6.45, 7) is 0. The fourth-order valence-electron chi connectivity index (χ4n) is 2.33. The van der Waals surface area contributed by atoms with Crippen molar-refractivity contribution in [1.82, 2.24) is 15.0 Å². The molecule has 2 aromatic carbocycles. The number of imidazole rings is 1. The standard InChI is InChI=1S/C18H14N6S2/c25-17(21-12-7-3-1-4-8-12)24-16-14-15(20-11-19-14)23-18(26-16)22-13-9-5-2-6-10-13/h1-11H,(H,19,20)(H,21,25)(H,22,23)/b24-16+. The van der Waals surface area contributed by atoms with Crippen molar-refractivity contribution < 1.29 is 0 Å². The first-order valence-electron chi connectivity index (χ1n) is 7.85. The van der Waals surface area contributed by atoms with E-state index in [0.29, 0.717) is 20.6 Å². The lowest BCUT2D eigenvalue weighted by atomic mass is 10.3. The lowest BCUT2D eigenvalue weighted by Crippen LogP contribution is -2.12. The monoisotopic (exact) mass is 378 g/mol. The summed E-state index contributed by atoms with van der Waals surface area (Å²) in [6.07, 6.45) is 1.60. The van der Waals surface area contributed by atoms with E-state index in [1.807, 2.05) is 60.7 Å². The van der Waals surface area contributed by atoms with Crippen LogP contribution in [0, 0.1) is 0 Å². The lowest BCUT2D eigenvalue weighted by Gasteiger charge is -2.05. The Morgan fingerprint density at radius 2 is 1.69 bits per heavy atom. The molecule has 26 heavy (non-hydrogen) atoms. The molecule has 2 heterocycles. The molecular weight excluding hydrogens is 364 g/mol. The molecule has 0 aliphatic heterocycles. The van der Waals surface area contributed by atoms with Crippen molar-refractivity contribution in [3.8, 4) is 0 Å². The van der Waals surface area contributed by atoms with Crippen LogP contribution in [0.1, 0.15) is 0 Å². The quantitative estimate of drug-likeness (QED) is 0.469. The number of hydrogen-bond donors (Lipinski definition) is 3. The van der Waals surface area contributed by atoms with Crippen LogP contribution in [0.15, 0.2) is 72.0 Å². The van der Waals surface area contributed by atoms with Gasteiger partial charge in [-0.15, -0.1) is 0 Å². The summed E-state index contributed by atoms with van der Waals surface area (Å²) in [5, 5.41) is 7.46. The van der Waals surface area contributed by atoms with Crippen LogP contribution in [0.5, 0.6) is 0 Å². The Labute approximate surface area is 158 Å². The Morgan fingerprint density at radius 1 is 1.00 bits per heavy atom. The van der Waals surface area contributed by atoms with E-state index < -0.39 is 0 Å². The van der Waals surface area contributed by atoms with Crippen LogP contribution in [0.3, 0.4) is 0 Å². The first kappa shape index (κ1) is 16.4. The van der Waals surface area contributed by atoms with Crippen molar-refractivity contribution in [3.05, 3.63) is 71.7 Å². The predicted molar refractivity (Wildman–Crippen MR) is 110 cm³/mol. The second-order valence-electron chi connectivity index (χ2n) is 5.32. The van der Waals surface area contributed by atoms with Gasteiger partial charge >= 0.3 is 0 Å². The number of nitrogens with one attached hydrogen (secondary N) is 3. The fraction of sp³-hybridized carbons (Fsp3) is 0. The Balaban J connectivity index is 1.69. The summed E-state index contributed by atoms with van der Waals surface area (Å²) in [6, 6.07) is 19.5. The minimum Gasteiger partial charge on any atom is -0.341 e. The zero-order valence-electron chi connectivity index (χ0n) is 13.5. The van der Waals surface area contributed by atoms with Gasteiger partial charge in [0.15, 0.2) is 15.9 Å². The number of hydrogen-bond acceptors (Lipinski definition) is 5. The average molecular weight is 378 g/mol. The molecule has 0 aliphatic rings. The smallest absolute Gasteiger partial charge is 0.198 e. The highest BCUT2D eigenvalue weighted by Crippen LogP contribution is 2.18. The molecule has 0 unspecified atom stereocenters. The topological polar surface area (TPSA) is 78.0 Å². The van der Waals surface area contributed by atoms with Crippen LogP contribution in [0.4, 0.5) is 16.5 Å². The number of anilines is 3. The van der Waals surface area contributed by atoms with Gasteiger partial charge in [0.2, 0.25) is 0 Å². The highest BCUT2D eigenvalue weighted by atomic mass is 32.1. The number of H-pyrrole nitrogens is 1. The van der Waals surface area contributed by atoms with Gasteiger partial charge < -0.3 is 15.6 Å². The Bertz CT molecular complexity index is 1100. The summed E-state index contributed by atoms with van der Waals surface area (Å²) in [4.78, 5) is 16.4. The molecule has 0 aliphatic carbocycles. The molecule has 0 saturated carbocycles. The van der Waals surface area contributed by atoms with E-state index in [1.165, 1.54) is 11.3 Å². The predicted octanol–water partition coefficient (Wildman–Crippen LogP) is 4.06. The molecule has 128 valence electrons.